The Kier molecular flexibility index (Phi) is 4.56. The molecule has 1 heterocycles. The van der Waals surface area contributed by atoms with E-state index >= 15 is 0 Å². The third kappa shape index (κ3) is 3.77. The first-order valence-corrected chi connectivity index (χ1v) is 5.37. The molecule has 0 aliphatic heterocycles. The zero-order chi connectivity index (χ0) is 12.9. The van der Waals surface area contributed by atoms with Crippen molar-refractivity contribution in [2.75, 3.05) is 18.4 Å². The van der Waals surface area contributed by atoms with Gasteiger partial charge in [0.15, 0.2) is 5.82 Å². The third-order valence-electron chi connectivity index (χ3n) is 2.19. The van der Waals surface area contributed by atoms with Gasteiger partial charge in [-0.05, 0) is 6.42 Å². The lowest BCUT2D eigenvalue weighted by molar-refractivity contribution is 0.0252. The van der Waals surface area contributed by atoms with Gasteiger partial charge in [0.1, 0.15) is 0 Å². The van der Waals surface area contributed by atoms with E-state index < -0.39 is 24.6 Å². The Bertz CT molecular complexity index is 419. The average Bonchev–Trinajstić information content (AvgIpc) is 2.31. The van der Waals surface area contributed by atoms with Crippen LogP contribution in [0.25, 0.3) is 0 Å². The molecule has 0 spiro atoms. The van der Waals surface area contributed by atoms with Crippen molar-refractivity contribution in [3.63, 3.8) is 0 Å². The van der Waals surface area contributed by atoms with Crippen LogP contribution in [0.3, 0.4) is 0 Å². The summed E-state index contributed by atoms with van der Waals surface area (Å²) in [5, 5.41) is 2.33. The van der Waals surface area contributed by atoms with Crippen LogP contribution in [0.2, 0.25) is 0 Å². The number of hydrogen-bond donors (Lipinski definition) is 2. The van der Waals surface area contributed by atoms with Crippen LogP contribution in [0, 0.1) is 0 Å². The molecule has 0 unspecified atom stereocenters. The monoisotopic (exact) mass is 246 g/mol. The number of halogens is 2. The van der Waals surface area contributed by atoms with E-state index in [-0.39, 0.29) is 5.82 Å². The third-order valence-corrected chi connectivity index (χ3v) is 2.19. The Morgan fingerprint density at radius 2 is 2.29 bits per heavy atom. The predicted octanol–water partition coefficient (Wildman–Crippen LogP) is 0.659. The Morgan fingerprint density at radius 1 is 1.59 bits per heavy atom. The first-order chi connectivity index (χ1) is 8.00. The van der Waals surface area contributed by atoms with Gasteiger partial charge < -0.3 is 15.6 Å². The van der Waals surface area contributed by atoms with Crippen molar-refractivity contribution in [3.05, 3.63) is 22.7 Å². The first-order valence-electron chi connectivity index (χ1n) is 5.37. The summed E-state index contributed by atoms with van der Waals surface area (Å²) >= 11 is 0. The second-order valence-corrected chi connectivity index (χ2v) is 3.69. The van der Waals surface area contributed by atoms with Gasteiger partial charge in [0.2, 0.25) is 0 Å². The Labute approximate surface area is 97.7 Å². The average molecular weight is 246 g/mol. The fraction of sp³-hybridized carbons (Fsp3) is 0.600. The molecule has 17 heavy (non-hydrogen) atoms. The number of aryl methyl sites for hydroxylation is 1. The molecule has 0 fully saturated rings. The largest absolute Gasteiger partial charge is 0.359 e. The van der Waals surface area contributed by atoms with Crippen molar-refractivity contribution in [2.45, 2.75) is 25.8 Å². The topological polar surface area (TPSA) is 72.9 Å². The number of nitrogens with zero attached hydrogens (tertiary/aromatic N) is 2. The summed E-state index contributed by atoms with van der Waals surface area (Å²) in [7, 11) is 0. The quantitative estimate of drug-likeness (QED) is 0.773. The number of nitrogens with one attached hydrogen (secondary N) is 1. The second-order valence-electron chi connectivity index (χ2n) is 3.69. The first kappa shape index (κ1) is 13.6. The summed E-state index contributed by atoms with van der Waals surface area (Å²) in [4.78, 5) is 15.5. The van der Waals surface area contributed by atoms with Crippen molar-refractivity contribution >= 4 is 5.82 Å². The molecule has 5 nitrogen and oxygen atoms in total. The van der Waals surface area contributed by atoms with E-state index in [2.05, 4.69) is 10.3 Å². The summed E-state index contributed by atoms with van der Waals surface area (Å²) in [6, 6.07) is 0. The lowest BCUT2D eigenvalue weighted by Gasteiger charge is -2.15. The van der Waals surface area contributed by atoms with Gasteiger partial charge in [0, 0.05) is 18.9 Å². The lowest BCUT2D eigenvalue weighted by Crippen LogP contribution is -2.37. The number of anilines is 1. The van der Waals surface area contributed by atoms with Gasteiger partial charge in [0.25, 0.3) is 11.5 Å². The summed E-state index contributed by atoms with van der Waals surface area (Å²) in [5.74, 6) is -3.12. The summed E-state index contributed by atoms with van der Waals surface area (Å²) < 4.78 is 27.2. The molecule has 0 saturated carbocycles. The van der Waals surface area contributed by atoms with E-state index in [1.165, 1.54) is 17.0 Å². The maximum absolute atomic E-state index is 12.9. The maximum Gasteiger partial charge on any atom is 0.293 e. The minimum atomic E-state index is -3.04. The summed E-state index contributed by atoms with van der Waals surface area (Å²) in [6.07, 6.45) is 3.71. The predicted molar refractivity (Wildman–Crippen MR) is 61.3 cm³/mol. The van der Waals surface area contributed by atoms with Crippen LogP contribution < -0.4 is 16.6 Å². The molecular weight excluding hydrogens is 230 g/mol. The van der Waals surface area contributed by atoms with E-state index in [1.54, 1.807) is 0 Å². The Balaban J connectivity index is 2.79. The van der Waals surface area contributed by atoms with Gasteiger partial charge >= 0.3 is 0 Å². The highest BCUT2D eigenvalue weighted by Crippen LogP contribution is 2.10. The van der Waals surface area contributed by atoms with Crippen LogP contribution in [0.4, 0.5) is 14.6 Å². The normalized spacial score (nSPS) is 11.5. The van der Waals surface area contributed by atoms with Crippen LogP contribution in [-0.2, 0) is 6.54 Å². The van der Waals surface area contributed by atoms with E-state index in [0.29, 0.717) is 6.54 Å². The van der Waals surface area contributed by atoms with Crippen molar-refractivity contribution in [2.24, 2.45) is 5.73 Å². The molecule has 3 N–H and O–H groups in total. The van der Waals surface area contributed by atoms with Gasteiger partial charge in [-0.3, -0.25) is 4.79 Å². The van der Waals surface area contributed by atoms with Crippen LogP contribution in [-0.4, -0.2) is 28.6 Å². The number of nitrogens with two attached hydrogens (primary N) is 1. The van der Waals surface area contributed by atoms with Crippen LogP contribution in [0.5, 0.6) is 0 Å². The summed E-state index contributed by atoms with van der Waals surface area (Å²) in [5.41, 5.74) is 4.49. The number of alkyl halides is 2. The molecule has 1 aromatic heterocycles. The van der Waals surface area contributed by atoms with E-state index in [0.717, 1.165) is 6.42 Å². The fourth-order valence-electron chi connectivity index (χ4n) is 1.27. The van der Waals surface area contributed by atoms with Crippen LogP contribution in [0.15, 0.2) is 17.2 Å². The highest BCUT2D eigenvalue weighted by molar-refractivity contribution is 5.31. The van der Waals surface area contributed by atoms with Crippen molar-refractivity contribution in [1.82, 2.24) is 9.55 Å². The highest BCUT2D eigenvalue weighted by atomic mass is 19.3. The molecule has 0 atom stereocenters. The van der Waals surface area contributed by atoms with Gasteiger partial charge in [-0.2, -0.15) is 0 Å². The van der Waals surface area contributed by atoms with Gasteiger partial charge in [-0.1, -0.05) is 6.92 Å². The van der Waals surface area contributed by atoms with Crippen molar-refractivity contribution in [3.8, 4) is 0 Å². The second kappa shape index (κ2) is 5.72. The minimum absolute atomic E-state index is 0.0749. The Morgan fingerprint density at radius 3 is 2.88 bits per heavy atom. The number of hydrogen-bond acceptors (Lipinski definition) is 4. The van der Waals surface area contributed by atoms with Crippen molar-refractivity contribution in [1.29, 1.82) is 0 Å². The minimum Gasteiger partial charge on any atom is -0.359 e. The van der Waals surface area contributed by atoms with Gasteiger partial charge in [-0.15, -0.1) is 0 Å². The molecule has 7 heteroatoms. The molecule has 0 saturated heterocycles. The summed E-state index contributed by atoms with van der Waals surface area (Å²) in [6.45, 7) is 0.990. The molecule has 0 bridgehead atoms. The number of aromatic nitrogens is 2. The maximum atomic E-state index is 12.9. The molecule has 0 aromatic carbocycles. The molecule has 96 valence electrons. The molecular formula is C10H16F2N4O. The molecule has 0 aliphatic carbocycles. The standard InChI is InChI=1S/C10H16F2N4O/c1-2-4-16-5-3-14-8(9(16)17)15-7-10(11,12)6-13/h3,5H,2,4,6-7,13H2,1H3,(H,14,15). The zero-order valence-electron chi connectivity index (χ0n) is 9.62. The van der Waals surface area contributed by atoms with Crippen LogP contribution in [0.1, 0.15) is 13.3 Å². The Hall–Kier alpha value is -1.50. The number of rotatable bonds is 6. The van der Waals surface area contributed by atoms with E-state index in [9.17, 15) is 13.6 Å². The molecule has 0 aliphatic rings. The fourth-order valence-corrected chi connectivity index (χ4v) is 1.27. The molecule has 0 amide bonds. The van der Waals surface area contributed by atoms with E-state index in [4.69, 9.17) is 5.73 Å². The van der Waals surface area contributed by atoms with E-state index in [1.807, 2.05) is 6.92 Å². The molecule has 1 aromatic rings. The lowest BCUT2D eigenvalue weighted by atomic mass is 10.3. The highest BCUT2D eigenvalue weighted by Gasteiger charge is 2.26. The van der Waals surface area contributed by atoms with Gasteiger partial charge in [-0.25, -0.2) is 13.8 Å². The zero-order valence-corrected chi connectivity index (χ0v) is 9.62. The SMILES string of the molecule is CCCn1ccnc(NCC(F)(F)CN)c1=O. The molecule has 1 rings (SSSR count). The smallest absolute Gasteiger partial charge is 0.293 e. The van der Waals surface area contributed by atoms with Gasteiger partial charge in [0.05, 0.1) is 13.1 Å². The molecule has 0 radical (unpaired) electrons. The van der Waals surface area contributed by atoms with Crippen LogP contribution >= 0.6 is 0 Å². The van der Waals surface area contributed by atoms with Crippen molar-refractivity contribution < 1.29 is 8.78 Å².